The lowest BCUT2D eigenvalue weighted by Crippen LogP contribution is -2.64. The first-order valence-corrected chi connectivity index (χ1v) is 27.9. The van der Waals surface area contributed by atoms with Crippen LogP contribution in [0, 0.1) is 34.5 Å². The van der Waals surface area contributed by atoms with E-state index in [-0.39, 0.29) is 59.6 Å². The maximum absolute atomic E-state index is 13.6. The van der Waals surface area contributed by atoms with Crippen molar-refractivity contribution in [3.05, 3.63) is 0 Å². The van der Waals surface area contributed by atoms with Crippen LogP contribution in [0.4, 0.5) is 0 Å². The normalized spacial score (nSPS) is 54.0. The summed E-state index contributed by atoms with van der Waals surface area (Å²) in [5, 5.41) is 64.5. The number of Topliss-reactive ketones (excluding diaryl/α,β-unsaturated/α-hetero) is 1. The number of aliphatic hydroxyl groups is 6. The van der Waals surface area contributed by atoms with Gasteiger partial charge in [-0.1, -0.05) is 27.2 Å². The fourth-order valence-corrected chi connectivity index (χ4v) is 15.7. The summed E-state index contributed by atoms with van der Waals surface area (Å²) >= 11 is 0. The van der Waals surface area contributed by atoms with Crippen LogP contribution in [-0.4, -0.2) is 205 Å². The number of rotatable bonds is 15. The molecule has 9 aliphatic rings. The Morgan fingerprint density at radius 3 is 1.62 bits per heavy atom. The Bertz CT molecular complexity index is 1850. The lowest BCUT2D eigenvalue weighted by molar-refractivity contribution is -0.358. The fourth-order valence-electron chi connectivity index (χ4n) is 15.7. The molecule has 0 unspecified atom stereocenters. The molecule has 9 fully saturated rings. The van der Waals surface area contributed by atoms with Crippen LogP contribution in [0.1, 0.15) is 132 Å². The topological polar surface area (TPSA) is 258 Å². The molecule has 20 nitrogen and oxygen atoms in total. The van der Waals surface area contributed by atoms with Gasteiger partial charge in [0.05, 0.1) is 61.5 Å². The maximum Gasteiger partial charge on any atom is 0.187 e. The quantitative estimate of drug-likeness (QED) is 0.129. The molecule has 4 aliphatic carbocycles. The third kappa shape index (κ3) is 10.6. The van der Waals surface area contributed by atoms with Gasteiger partial charge in [-0.05, 0) is 102 Å². The van der Waals surface area contributed by atoms with Gasteiger partial charge in [0.2, 0.25) is 0 Å². The molecule has 426 valence electrons. The van der Waals surface area contributed by atoms with Gasteiger partial charge in [0.1, 0.15) is 54.4 Å². The molecule has 0 amide bonds. The molecule has 5 heterocycles. The number of ether oxygens (including phenoxy) is 13. The first kappa shape index (κ1) is 57.6. The second-order valence-electron chi connectivity index (χ2n) is 24.0. The monoisotopic (exact) mass is 1060 g/mol. The summed E-state index contributed by atoms with van der Waals surface area (Å²) in [7, 11) is 4.80. The Morgan fingerprint density at radius 1 is 0.581 bits per heavy atom. The molecule has 74 heavy (non-hydrogen) atoms. The van der Waals surface area contributed by atoms with E-state index in [4.69, 9.17) is 61.6 Å². The van der Waals surface area contributed by atoms with Gasteiger partial charge >= 0.3 is 0 Å². The van der Waals surface area contributed by atoms with E-state index < -0.39 is 129 Å². The van der Waals surface area contributed by atoms with Crippen molar-refractivity contribution in [3.63, 3.8) is 0 Å². The van der Waals surface area contributed by atoms with Gasteiger partial charge in [-0.2, -0.15) is 0 Å². The van der Waals surface area contributed by atoms with Gasteiger partial charge < -0.3 is 92.2 Å². The van der Waals surface area contributed by atoms with Crippen LogP contribution in [-0.2, 0) is 66.4 Å². The van der Waals surface area contributed by atoms with E-state index >= 15 is 0 Å². The summed E-state index contributed by atoms with van der Waals surface area (Å²) < 4.78 is 81.2. The van der Waals surface area contributed by atoms with Crippen LogP contribution in [0.2, 0.25) is 0 Å². The molecular weight excluding hydrogens is 969 g/mol. The van der Waals surface area contributed by atoms with Gasteiger partial charge in [-0.3, -0.25) is 4.79 Å². The van der Waals surface area contributed by atoms with E-state index in [0.29, 0.717) is 31.1 Å². The standard InChI is InChI=1S/C54H90O20/c1-11-29-19-39(57)54(61)33-13-12-30-18-31(14-16-52(30,6)32(33)15-17-53(29,54)7)69-41-21-35(62-8)49(26(3)66-41)73-43-22-36(63-9)48(27(4)67-43)72-40-20-34(56)47(25(2)65-40)71-42-23-37(64-10)50(28(5)68-42)74-51-46(60)45(59)44(58)38(24-55)70-51/h25-38,40-51,55-56,58-61H,11-24H2,1-10H3/t25-,26-,27-,28-,29-,30+,31+,32+,33-,34-,35+,36+,37-,38-,40+,41+,42+,43+,44-,45+,46-,47-,48-,49-,50-,51+,52+,53-,54-/m1/s1. The minimum Gasteiger partial charge on any atom is -0.394 e. The highest BCUT2D eigenvalue weighted by atomic mass is 16.8. The van der Waals surface area contributed by atoms with Crippen molar-refractivity contribution in [2.75, 3.05) is 27.9 Å². The molecule has 0 radical (unpaired) electrons. The van der Waals surface area contributed by atoms with E-state index in [9.17, 15) is 35.4 Å². The summed E-state index contributed by atoms with van der Waals surface area (Å²) in [6, 6.07) is 0. The molecule has 29 atom stereocenters. The molecule has 0 bridgehead atoms. The Labute approximate surface area is 436 Å². The summed E-state index contributed by atoms with van der Waals surface area (Å²) in [6.07, 6.45) is -7.77. The van der Waals surface area contributed by atoms with Crippen molar-refractivity contribution in [2.24, 2.45) is 34.5 Å². The SMILES string of the molecule is CC[C@@H]1CC(=O)[C@]2(O)[C@@H]3CC[C@H]4C[C@@H](O[C@H]5C[C@H](OC)[C@H](O[C@H]6C[C@H](OC)[C@H](O[C@H]7C[C@@H](O)[C@H](O[C@H]8C[C@@H](OC)[C@H](O[C@@H]9O[C@H](CO)[C@@H](O)[C@H](O)[C@H]9O)[C@@H](C)O8)[C@@H](C)O7)[C@@H](C)O6)[C@@H](C)O5)CC[C@]4(C)[C@H]3CC[C@]12C. The van der Waals surface area contributed by atoms with Gasteiger partial charge in [0.25, 0.3) is 0 Å². The average Bonchev–Trinajstić information content (AvgIpc) is 3.58. The Hall–Kier alpha value is -1.09. The van der Waals surface area contributed by atoms with E-state index in [1.807, 2.05) is 13.8 Å². The largest absolute Gasteiger partial charge is 0.394 e. The predicted octanol–water partition coefficient (Wildman–Crippen LogP) is 3.02. The number of carbonyl (C=O) groups excluding carboxylic acids is 1. The molecule has 0 spiro atoms. The van der Waals surface area contributed by atoms with Crippen molar-refractivity contribution >= 4 is 5.78 Å². The number of hydrogen-bond acceptors (Lipinski definition) is 20. The highest BCUT2D eigenvalue weighted by Gasteiger charge is 2.70. The summed E-state index contributed by atoms with van der Waals surface area (Å²) in [4.78, 5) is 13.6. The summed E-state index contributed by atoms with van der Waals surface area (Å²) in [6.45, 7) is 13.6. The first-order chi connectivity index (χ1) is 35.2. The molecule has 5 aliphatic heterocycles. The predicted molar refractivity (Wildman–Crippen MR) is 260 cm³/mol. The van der Waals surface area contributed by atoms with Crippen molar-refractivity contribution in [3.8, 4) is 0 Å². The van der Waals surface area contributed by atoms with Crippen molar-refractivity contribution in [2.45, 2.75) is 273 Å². The summed E-state index contributed by atoms with van der Waals surface area (Å²) in [5.41, 5.74) is -1.49. The zero-order valence-electron chi connectivity index (χ0n) is 45.3. The minimum atomic E-state index is -1.60. The number of hydrogen-bond donors (Lipinski definition) is 6. The van der Waals surface area contributed by atoms with Crippen LogP contribution in [0.5, 0.6) is 0 Å². The first-order valence-electron chi connectivity index (χ1n) is 27.9. The molecule has 6 N–H and O–H groups in total. The molecule has 20 heteroatoms. The third-order valence-electron chi connectivity index (χ3n) is 20.1. The maximum atomic E-state index is 13.6. The van der Waals surface area contributed by atoms with Crippen molar-refractivity contribution in [1.82, 2.24) is 0 Å². The van der Waals surface area contributed by atoms with E-state index in [2.05, 4.69) is 20.8 Å². The van der Waals surface area contributed by atoms with E-state index in [1.54, 1.807) is 28.1 Å². The van der Waals surface area contributed by atoms with E-state index in [1.165, 1.54) is 7.11 Å². The Balaban J connectivity index is 0.733. The second kappa shape index (κ2) is 23.2. The Morgan fingerprint density at radius 2 is 1.09 bits per heavy atom. The zero-order valence-corrected chi connectivity index (χ0v) is 45.3. The lowest BCUT2D eigenvalue weighted by atomic mass is 9.43. The van der Waals surface area contributed by atoms with Crippen LogP contribution >= 0.6 is 0 Å². The molecule has 4 saturated carbocycles. The van der Waals surface area contributed by atoms with Crippen LogP contribution in [0.3, 0.4) is 0 Å². The average molecular weight is 1060 g/mol. The number of fused-ring (bicyclic) bond motifs is 5. The molecule has 9 rings (SSSR count). The molecular formula is C54H90O20. The molecule has 0 aromatic carbocycles. The van der Waals surface area contributed by atoms with E-state index in [0.717, 1.165) is 51.4 Å². The van der Waals surface area contributed by atoms with Crippen molar-refractivity contribution < 1.29 is 97.0 Å². The highest BCUT2D eigenvalue weighted by Crippen LogP contribution is 2.68. The molecule has 0 aromatic rings. The zero-order chi connectivity index (χ0) is 53.2. The Kier molecular flexibility index (Phi) is 18.0. The van der Waals surface area contributed by atoms with Gasteiger partial charge in [-0.25, -0.2) is 0 Å². The number of ketones is 1. The number of aliphatic hydroxyl groups excluding tert-OH is 5. The number of methoxy groups -OCH3 is 3. The fraction of sp³-hybridized carbons (Fsp3) is 0.981. The van der Waals surface area contributed by atoms with Crippen LogP contribution < -0.4 is 0 Å². The molecule has 0 aromatic heterocycles. The van der Waals surface area contributed by atoms with Crippen LogP contribution in [0.15, 0.2) is 0 Å². The smallest absolute Gasteiger partial charge is 0.187 e. The van der Waals surface area contributed by atoms with Gasteiger partial charge in [0, 0.05) is 58.8 Å². The molecule has 5 saturated heterocycles. The minimum absolute atomic E-state index is 0.0252. The van der Waals surface area contributed by atoms with Gasteiger partial charge in [0.15, 0.2) is 37.2 Å². The van der Waals surface area contributed by atoms with Crippen LogP contribution in [0.25, 0.3) is 0 Å². The highest BCUT2D eigenvalue weighted by molar-refractivity contribution is 5.91. The lowest BCUT2D eigenvalue weighted by Gasteiger charge is -2.63. The van der Waals surface area contributed by atoms with Crippen molar-refractivity contribution in [1.29, 1.82) is 0 Å². The summed E-state index contributed by atoms with van der Waals surface area (Å²) in [5.74, 6) is 1.14. The third-order valence-corrected chi connectivity index (χ3v) is 20.1. The second-order valence-corrected chi connectivity index (χ2v) is 24.0. The van der Waals surface area contributed by atoms with Gasteiger partial charge in [-0.15, -0.1) is 0 Å². The number of carbonyl (C=O) groups is 1.